The lowest BCUT2D eigenvalue weighted by molar-refractivity contribution is 0.326. The molecule has 0 aliphatic carbocycles. The van der Waals surface area contributed by atoms with E-state index in [4.69, 9.17) is 4.74 Å². The predicted molar refractivity (Wildman–Crippen MR) is 76.4 cm³/mol. The van der Waals surface area contributed by atoms with Crippen LogP contribution in [0.3, 0.4) is 0 Å². The number of anilines is 1. The maximum atomic E-state index is 13.7. The van der Waals surface area contributed by atoms with Crippen LogP contribution in [0.15, 0.2) is 30.3 Å². The zero-order valence-corrected chi connectivity index (χ0v) is 11.9. The Bertz CT molecular complexity index is 589. The Balaban J connectivity index is 2.19. The molecule has 1 N–H and O–H groups in total. The maximum Gasteiger partial charge on any atom is 0.226 e. The van der Waals surface area contributed by atoms with Gasteiger partial charge in [-0.15, -0.1) is 0 Å². The fourth-order valence-corrected chi connectivity index (χ4v) is 1.92. The molecule has 1 aromatic heterocycles. The van der Waals surface area contributed by atoms with Gasteiger partial charge in [0, 0.05) is 17.3 Å². The van der Waals surface area contributed by atoms with E-state index in [-0.39, 0.29) is 11.9 Å². The third kappa shape index (κ3) is 3.44. The number of rotatable bonds is 5. The van der Waals surface area contributed by atoms with Crippen LogP contribution in [-0.4, -0.2) is 16.6 Å². The number of benzene rings is 1. The molecule has 0 saturated carbocycles. The van der Waals surface area contributed by atoms with Crippen LogP contribution in [0.2, 0.25) is 0 Å². The number of hydrogen-bond acceptors (Lipinski definition) is 4. The van der Waals surface area contributed by atoms with Gasteiger partial charge in [-0.05, 0) is 26.8 Å². The van der Waals surface area contributed by atoms with Gasteiger partial charge in [0.25, 0.3) is 0 Å². The molecule has 5 heteroatoms. The molecule has 4 nitrogen and oxygen atoms in total. The van der Waals surface area contributed by atoms with Crippen molar-refractivity contribution in [3.8, 4) is 5.88 Å². The highest BCUT2D eigenvalue weighted by atomic mass is 19.1. The monoisotopic (exact) mass is 275 g/mol. The van der Waals surface area contributed by atoms with Crippen LogP contribution < -0.4 is 10.1 Å². The van der Waals surface area contributed by atoms with E-state index in [2.05, 4.69) is 15.3 Å². The minimum absolute atomic E-state index is 0.229. The van der Waals surface area contributed by atoms with E-state index in [1.165, 1.54) is 6.07 Å². The molecule has 0 saturated heterocycles. The van der Waals surface area contributed by atoms with Gasteiger partial charge >= 0.3 is 0 Å². The molecule has 20 heavy (non-hydrogen) atoms. The van der Waals surface area contributed by atoms with Crippen LogP contribution in [-0.2, 0) is 0 Å². The second-order valence-electron chi connectivity index (χ2n) is 4.49. The van der Waals surface area contributed by atoms with Crippen molar-refractivity contribution in [2.45, 2.75) is 26.8 Å². The summed E-state index contributed by atoms with van der Waals surface area (Å²) in [5.41, 5.74) is 1.38. The van der Waals surface area contributed by atoms with E-state index >= 15 is 0 Å². The van der Waals surface area contributed by atoms with Crippen molar-refractivity contribution >= 4 is 5.95 Å². The van der Waals surface area contributed by atoms with Crippen molar-refractivity contribution in [2.75, 3.05) is 11.9 Å². The van der Waals surface area contributed by atoms with Gasteiger partial charge in [0.2, 0.25) is 11.8 Å². The molecule has 0 aliphatic rings. The highest BCUT2D eigenvalue weighted by molar-refractivity contribution is 5.35. The third-order valence-corrected chi connectivity index (χ3v) is 2.84. The Kier molecular flexibility index (Phi) is 4.50. The van der Waals surface area contributed by atoms with E-state index in [0.717, 1.165) is 5.69 Å². The molecule has 0 amide bonds. The first-order valence-electron chi connectivity index (χ1n) is 6.59. The number of nitrogens with zero attached hydrogens (tertiary/aromatic N) is 2. The number of hydrogen-bond donors (Lipinski definition) is 1. The number of ether oxygens (including phenoxy) is 1. The summed E-state index contributed by atoms with van der Waals surface area (Å²) in [5.74, 6) is 0.706. The minimum Gasteiger partial charge on any atom is -0.478 e. The average molecular weight is 275 g/mol. The Morgan fingerprint density at radius 1 is 1.30 bits per heavy atom. The number of aromatic nitrogens is 2. The van der Waals surface area contributed by atoms with Gasteiger partial charge in [0.1, 0.15) is 5.82 Å². The Morgan fingerprint density at radius 2 is 2.05 bits per heavy atom. The largest absolute Gasteiger partial charge is 0.478 e. The van der Waals surface area contributed by atoms with Gasteiger partial charge in [-0.1, -0.05) is 18.2 Å². The lowest BCUT2D eigenvalue weighted by Crippen LogP contribution is -2.12. The minimum atomic E-state index is -0.245. The molecular formula is C15H18FN3O. The van der Waals surface area contributed by atoms with Crippen molar-refractivity contribution in [2.24, 2.45) is 0 Å². The zero-order chi connectivity index (χ0) is 14.5. The Hall–Kier alpha value is -2.17. The molecule has 0 fully saturated rings. The van der Waals surface area contributed by atoms with E-state index in [0.29, 0.717) is 24.0 Å². The standard InChI is InChI=1S/C15H18FN3O/c1-4-20-14-9-10(2)17-15(19-14)18-11(3)12-7-5-6-8-13(12)16/h5-9,11H,4H2,1-3H3,(H,17,18,19). The fraction of sp³-hybridized carbons (Fsp3) is 0.333. The molecule has 0 radical (unpaired) electrons. The smallest absolute Gasteiger partial charge is 0.226 e. The van der Waals surface area contributed by atoms with Crippen LogP contribution in [0.1, 0.15) is 31.1 Å². The van der Waals surface area contributed by atoms with Gasteiger partial charge in [-0.25, -0.2) is 9.37 Å². The van der Waals surface area contributed by atoms with Gasteiger partial charge in [0.05, 0.1) is 12.6 Å². The number of halogens is 1. The van der Waals surface area contributed by atoms with Gasteiger partial charge in [-0.2, -0.15) is 4.98 Å². The summed E-state index contributed by atoms with van der Waals surface area (Å²) >= 11 is 0. The van der Waals surface area contributed by atoms with Gasteiger partial charge < -0.3 is 10.1 Å². The SMILES string of the molecule is CCOc1cc(C)nc(NC(C)c2ccccc2F)n1. The Morgan fingerprint density at radius 3 is 2.75 bits per heavy atom. The van der Waals surface area contributed by atoms with Crippen molar-refractivity contribution in [3.05, 3.63) is 47.4 Å². The molecule has 1 aromatic carbocycles. The summed E-state index contributed by atoms with van der Waals surface area (Å²) < 4.78 is 19.1. The first-order valence-corrected chi connectivity index (χ1v) is 6.59. The first-order chi connectivity index (χ1) is 9.60. The quantitative estimate of drug-likeness (QED) is 0.907. The van der Waals surface area contributed by atoms with Crippen LogP contribution in [0, 0.1) is 12.7 Å². The van der Waals surface area contributed by atoms with Crippen molar-refractivity contribution < 1.29 is 9.13 Å². The maximum absolute atomic E-state index is 13.7. The molecule has 0 bridgehead atoms. The lowest BCUT2D eigenvalue weighted by atomic mass is 10.1. The predicted octanol–water partition coefficient (Wildman–Crippen LogP) is 3.50. The number of aryl methyl sites for hydroxylation is 1. The molecule has 2 aromatic rings. The van der Waals surface area contributed by atoms with E-state index in [1.54, 1.807) is 24.3 Å². The fourth-order valence-electron chi connectivity index (χ4n) is 1.92. The summed E-state index contributed by atoms with van der Waals surface area (Å²) in [6.07, 6.45) is 0. The van der Waals surface area contributed by atoms with Crippen molar-refractivity contribution in [1.29, 1.82) is 0 Å². The zero-order valence-electron chi connectivity index (χ0n) is 11.9. The normalized spacial score (nSPS) is 12.0. The molecule has 0 spiro atoms. The summed E-state index contributed by atoms with van der Waals surface area (Å²) in [6, 6.07) is 8.19. The highest BCUT2D eigenvalue weighted by Crippen LogP contribution is 2.21. The van der Waals surface area contributed by atoms with E-state index < -0.39 is 0 Å². The van der Waals surface area contributed by atoms with E-state index in [1.807, 2.05) is 20.8 Å². The van der Waals surface area contributed by atoms with Crippen LogP contribution in [0.25, 0.3) is 0 Å². The number of nitrogens with one attached hydrogen (secondary N) is 1. The second-order valence-corrected chi connectivity index (χ2v) is 4.49. The molecule has 1 atom stereocenters. The molecule has 1 heterocycles. The van der Waals surface area contributed by atoms with E-state index in [9.17, 15) is 4.39 Å². The van der Waals surface area contributed by atoms with Gasteiger partial charge in [0.15, 0.2) is 0 Å². The average Bonchev–Trinajstić information content (AvgIpc) is 2.38. The molecule has 2 rings (SSSR count). The van der Waals surface area contributed by atoms with Crippen molar-refractivity contribution in [1.82, 2.24) is 9.97 Å². The summed E-state index contributed by atoms with van der Waals surface area (Å²) in [5, 5.41) is 3.10. The second kappa shape index (κ2) is 6.32. The van der Waals surface area contributed by atoms with Crippen molar-refractivity contribution in [3.63, 3.8) is 0 Å². The van der Waals surface area contributed by atoms with Crippen LogP contribution >= 0.6 is 0 Å². The van der Waals surface area contributed by atoms with Crippen LogP contribution in [0.4, 0.5) is 10.3 Å². The summed E-state index contributed by atoms with van der Waals surface area (Å²) in [4.78, 5) is 8.54. The topological polar surface area (TPSA) is 47.0 Å². The lowest BCUT2D eigenvalue weighted by Gasteiger charge is -2.15. The summed E-state index contributed by atoms with van der Waals surface area (Å²) in [7, 11) is 0. The van der Waals surface area contributed by atoms with Gasteiger partial charge in [-0.3, -0.25) is 0 Å². The Labute approximate surface area is 118 Å². The third-order valence-electron chi connectivity index (χ3n) is 2.84. The highest BCUT2D eigenvalue weighted by Gasteiger charge is 2.12. The molecule has 0 aliphatic heterocycles. The molecule has 106 valence electrons. The van der Waals surface area contributed by atoms with Crippen LogP contribution in [0.5, 0.6) is 5.88 Å². The molecule has 1 unspecified atom stereocenters. The molecular weight excluding hydrogens is 257 g/mol. The first kappa shape index (κ1) is 14.2. The summed E-state index contributed by atoms with van der Waals surface area (Å²) in [6.45, 7) is 6.17.